The van der Waals surface area contributed by atoms with Crippen LogP contribution < -0.4 is 19.9 Å². The number of rotatable bonds is 10. The molecule has 1 amide bonds. The van der Waals surface area contributed by atoms with Crippen molar-refractivity contribution in [3.8, 4) is 17.2 Å². The van der Waals surface area contributed by atoms with E-state index in [4.69, 9.17) is 19.9 Å². The van der Waals surface area contributed by atoms with Gasteiger partial charge < -0.3 is 24.5 Å². The molecule has 9 nitrogen and oxygen atoms in total. The van der Waals surface area contributed by atoms with Gasteiger partial charge in [0.15, 0.2) is 22.8 Å². The number of allylic oxidation sites excluding steroid dienone is 1. The summed E-state index contributed by atoms with van der Waals surface area (Å²) in [5.41, 5.74) is 6.32. The number of hydrogen-bond acceptors (Lipinski definition) is 7. The van der Waals surface area contributed by atoms with E-state index in [1.165, 1.54) is 21.3 Å². The molecule has 164 valence electrons. The molecule has 0 aliphatic rings. The average Bonchev–Trinajstić information content (AvgIpc) is 3.09. The minimum absolute atomic E-state index is 0.162. The number of aryl methyl sites for hydroxylation is 1. The Kier molecular flexibility index (Phi) is 6.68. The molecule has 2 N–H and O–H groups in total. The van der Waals surface area contributed by atoms with Crippen LogP contribution in [0.4, 0.5) is 4.39 Å². The van der Waals surface area contributed by atoms with Gasteiger partial charge in [0, 0.05) is 13.0 Å². The van der Waals surface area contributed by atoms with E-state index in [1.807, 2.05) is 0 Å². The lowest BCUT2D eigenvalue weighted by atomic mass is 10.1. The van der Waals surface area contributed by atoms with Gasteiger partial charge in [-0.2, -0.15) is 14.4 Å². The lowest BCUT2D eigenvalue weighted by Gasteiger charge is -2.14. The number of unbranched alkanes of at least 4 members (excludes halogenated alkanes) is 1. The highest BCUT2D eigenvalue weighted by Gasteiger charge is 2.22. The second kappa shape index (κ2) is 9.41. The van der Waals surface area contributed by atoms with Gasteiger partial charge in [0.05, 0.1) is 21.3 Å². The van der Waals surface area contributed by atoms with E-state index in [0.29, 0.717) is 36.0 Å². The van der Waals surface area contributed by atoms with E-state index in [-0.39, 0.29) is 16.9 Å². The van der Waals surface area contributed by atoms with E-state index in [2.05, 4.69) is 21.5 Å². The lowest BCUT2D eigenvalue weighted by molar-refractivity contribution is 0.0995. The molecule has 0 saturated heterocycles. The van der Waals surface area contributed by atoms with Crippen LogP contribution in [0.3, 0.4) is 0 Å². The molecule has 3 aromatic rings. The molecule has 0 fully saturated rings. The van der Waals surface area contributed by atoms with E-state index in [0.717, 1.165) is 18.4 Å². The van der Waals surface area contributed by atoms with Crippen LogP contribution in [-0.2, 0) is 13.0 Å². The van der Waals surface area contributed by atoms with Crippen LogP contribution in [0.1, 0.15) is 34.7 Å². The molecule has 0 aliphatic heterocycles. The zero-order valence-electron chi connectivity index (χ0n) is 17.6. The van der Waals surface area contributed by atoms with Gasteiger partial charge in [-0.25, -0.2) is 4.98 Å². The molecule has 2 heterocycles. The summed E-state index contributed by atoms with van der Waals surface area (Å²) >= 11 is 0. The second-order valence-electron chi connectivity index (χ2n) is 6.70. The van der Waals surface area contributed by atoms with Crippen molar-refractivity contribution in [2.24, 2.45) is 5.73 Å². The number of imidazole rings is 1. The number of benzene rings is 1. The predicted octanol–water partition coefficient (Wildman–Crippen LogP) is 2.65. The zero-order valence-corrected chi connectivity index (χ0v) is 17.6. The predicted molar refractivity (Wildman–Crippen MR) is 112 cm³/mol. The summed E-state index contributed by atoms with van der Waals surface area (Å²) in [6.45, 7) is 4.22. The number of methoxy groups -OCH3 is 3. The Balaban J connectivity index is 2.15. The summed E-state index contributed by atoms with van der Waals surface area (Å²) in [7, 11) is 4.59. The molecular formula is C21H24FN5O4. The van der Waals surface area contributed by atoms with Gasteiger partial charge in [0.2, 0.25) is 5.75 Å². The largest absolute Gasteiger partial charge is 0.493 e. The van der Waals surface area contributed by atoms with Crippen molar-refractivity contribution < 1.29 is 23.4 Å². The van der Waals surface area contributed by atoms with Crippen molar-refractivity contribution in [1.82, 2.24) is 19.5 Å². The number of halogens is 1. The summed E-state index contributed by atoms with van der Waals surface area (Å²) in [6, 6.07) is 3.60. The molecular weight excluding hydrogens is 405 g/mol. The summed E-state index contributed by atoms with van der Waals surface area (Å²) in [4.78, 5) is 23.7. The van der Waals surface area contributed by atoms with Gasteiger partial charge in [0.25, 0.3) is 5.91 Å². The number of carbonyl (C=O) groups is 1. The topological polar surface area (TPSA) is 114 Å². The van der Waals surface area contributed by atoms with Gasteiger partial charge in [-0.15, -0.1) is 6.58 Å². The van der Waals surface area contributed by atoms with Gasteiger partial charge in [-0.3, -0.25) is 4.79 Å². The fourth-order valence-electron chi connectivity index (χ4n) is 3.37. The first kappa shape index (κ1) is 22.0. The SMILES string of the molecule is C=CCCCn1c(Cc2cc(OC)c(OC)c(OC)c2)nc2c(C(N)=O)nc(F)nc21. The second-order valence-corrected chi connectivity index (χ2v) is 6.70. The number of aromatic nitrogens is 4. The Morgan fingerprint density at radius 2 is 1.84 bits per heavy atom. The highest BCUT2D eigenvalue weighted by Crippen LogP contribution is 2.38. The van der Waals surface area contributed by atoms with Crippen molar-refractivity contribution in [1.29, 1.82) is 0 Å². The van der Waals surface area contributed by atoms with Crippen LogP contribution in [0.25, 0.3) is 11.2 Å². The Morgan fingerprint density at radius 3 is 2.39 bits per heavy atom. The Morgan fingerprint density at radius 1 is 1.16 bits per heavy atom. The maximum absolute atomic E-state index is 14.0. The van der Waals surface area contributed by atoms with Gasteiger partial charge >= 0.3 is 6.08 Å². The van der Waals surface area contributed by atoms with Crippen LogP contribution in [0.5, 0.6) is 17.2 Å². The molecule has 1 aromatic carbocycles. The first-order valence-corrected chi connectivity index (χ1v) is 9.55. The number of nitrogens with zero attached hydrogens (tertiary/aromatic N) is 4. The number of ether oxygens (including phenoxy) is 3. The number of fused-ring (bicyclic) bond motifs is 1. The Hall–Kier alpha value is -3.69. The van der Waals surface area contributed by atoms with Crippen LogP contribution in [0.2, 0.25) is 0 Å². The zero-order chi connectivity index (χ0) is 22.5. The molecule has 2 aromatic heterocycles. The van der Waals surface area contributed by atoms with Crippen molar-refractivity contribution >= 4 is 17.1 Å². The van der Waals surface area contributed by atoms with Gasteiger partial charge in [0.1, 0.15) is 11.3 Å². The van der Waals surface area contributed by atoms with E-state index >= 15 is 0 Å². The summed E-state index contributed by atoms with van der Waals surface area (Å²) in [6.07, 6.45) is 2.57. The highest BCUT2D eigenvalue weighted by atomic mass is 19.1. The molecule has 0 aliphatic carbocycles. The summed E-state index contributed by atoms with van der Waals surface area (Å²) in [5, 5.41) is 0. The third-order valence-electron chi connectivity index (χ3n) is 4.76. The first-order chi connectivity index (χ1) is 14.9. The van der Waals surface area contributed by atoms with Crippen molar-refractivity contribution in [2.45, 2.75) is 25.8 Å². The van der Waals surface area contributed by atoms with Crippen LogP contribution >= 0.6 is 0 Å². The average molecular weight is 429 g/mol. The van der Waals surface area contributed by atoms with E-state index in [9.17, 15) is 9.18 Å². The minimum Gasteiger partial charge on any atom is -0.493 e. The molecule has 3 rings (SSSR count). The van der Waals surface area contributed by atoms with Crippen LogP contribution in [0, 0.1) is 6.08 Å². The van der Waals surface area contributed by atoms with E-state index < -0.39 is 12.0 Å². The smallest absolute Gasteiger partial charge is 0.311 e. The molecule has 0 atom stereocenters. The van der Waals surface area contributed by atoms with Gasteiger partial charge in [-0.05, 0) is 30.5 Å². The fraction of sp³-hybridized carbons (Fsp3) is 0.333. The monoisotopic (exact) mass is 429 g/mol. The molecule has 0 radical (unpaired) electrons. The maximum Gasteiger partial charge on any atom is 0.311 e. The molecule has 0 saturated carbocycles. The summed E-state index contributed by atoms with van der Waals surface area (Å²) < 4.78 is 32.0. The van der Waals surface area contributed by atoms with Crippen LogP contribution in [-0.4, -0.2) is 46.8 Å². The Bertz CT molecular complexity index is 1100. The molecule has 10 heteroatoms. The third-order valence-corrected chi connectivity index (χ3v) is 4.76. The lowest BCUT2D eigenvalue weighted by Crippen LogP contribution is -2.15. The van der Waals surface area contributed by atoms with Gasteiger partial charge in [-0.1, -0.05) is 6.08 Å². The van der Waals surface area contributed by atoms with Crippen LogP contribution in [0.15, 0.2) is 24.8 Å². The van der Waals surface area contributed by atoms with Crippen molar-refractivity contribution in [2.75, 3.05) is 21.3 Å². The molecule has 31 heavy (non-hydrogen) atoms. The molecule has 0 spiro atoms. The molecule has 0 unspecified atom stereocenters. The first-order valence-electron chi connectivity index (χ1n) is 9.55. The third kappa shape index (κ3) is 4.42. The Labute approximate surface area is 178 Å². The number of nitrogens with two attached hydrogens (primary N) is 1. The maximum atomic E-state index is 14.0. The number of primary amides is 1. The number of amides is 1. The number of carbonyl (C=O) groups excluding carboxylic acids is 1. The minimum atomic E-state index is -1.04. The van der Waals surface area contributed by atoms with Crippen molar-refractivity contribution in [3.63, 3.8) is 0 Å². The quantitative estimate of drug-likeness (QED) is 0.299. The highest BCUT2D eigenvalue weighted by molar-refractivity contribution is 6.01. The molecule has 0 bridgehead atoms. The number of hydrogen-bond donors (Lipinski definition) is 1. The standard InChI is InChI=1S/C21H24FN5O4/c1-5-6-7-8-27-15(24-17-16(19(23)28)25-21(22)26-20(17)27)11-12-9-13(29-2)18(31-4)14(10-12)30-3/h5,9-10H,1,6-8,11H2,2-4H3,(H2,23,28). The normalized spacial score (nSPS) is 10.8. The fourth-order valence-corrected chi connectivity index (χ4v) is 3.37. The van der Waals surface area contributed by atoms with Crippen molar-refractivity contribution in [3.05, 3.63) is 47.9 Å². The summed E-state index contributed by atoms with van der Waals surface area (Å²) in [5.74, 6) is 1.15. The van der Waals surface area contributed by atoms with E-state index in [1.54, 1.807) is 22.8 Å².